The summed E-state index contributed by atoms with van der Waals surface area (Å²) in [4.78, 5) is 8.62. The minimum atomic E-state index is 0.513. The third-order valence-corrected chi connectivity index (χ3v) is 5.22. The van der Waals surface area contributed by atoms with E-state index < -0.39 is 0 Å². The van der Waals surface area contributed by atoms with Crippen molar-refractivity contribution in [2.75, 3.05) is 17.7 Å². The molecular weight excluding hydrogens is 426 g/mol. The Morgan fingerprint density at radius 3 is 2.59 bits per heavy atom. The van der Waals surface area contributed by atoms with E-state index in [1.54, 1.807) is 31.6 Å². The summed E-state index contributed by atoms with van der Waals surface area (Å²) in [5, 5.41) is 12.1. The second-order valence-corrected chi connectivity index (χ2v) is 7.34. The molecule has 2 aromatic heterocycles. The van der Waals surface area contributed by atoms with Crippen LogP contribution in [-0.2, 0) is 0 Å². The summed E-state index contributed by atoms with van der Waals surface area (Å²) >= 11 is 6.51. The van der Waals surface area contributed by atoms with Crippen molar-refractivity contribution >= 4 is 45.5 Å². The van der Waals surface area contributed by atoms with Crippen LogP contribution in [0.15, 0.2) is 83.6 Å². The fourth-order valence-electron chi connectivity index (χ4n) is 3.39. The van der Waals surface area contributed by atoms with Crippen molar-refractivity contribution in [1.82, 2.24) is 15.1 Å². The Hall–Kier alpha value is -4.10. The second-order valence-electron chi connectivity index (χ2n) is 6.93. The zero-order chi connectivity index (χ0) is 21.9. The number of rotatable bonds is 6. The van der Waals surface area contributed by atoms with E-state index >= 15 is 0 Å². The van der Waals surface area contributed by atoms with Crippen molar-refractivity contribution in [3.05, 3.63) is 84.1 Å². The Kier molecular flexibility index (Phi) is 5.31. The highest BCUT2D eigenvalue weighted by Gasteiger charge is 2.17. The van der Waals surface area contributed by atoms with E-state index in [1.165, 1.54) is 0 Å². The van der Waals surface area contributed by atoms with E-state index in [-0.39, 0.29) is 0 Å². The SMILES string of the molecule is COc1ccccc1Nc1noc2c(Nc3cccc(-c4ncccn4)c3)c(Cl)ccc12. The van der Waals surface area contributed by atoms with Crippen molar-refractivity contribution in [2.45, 2.75) is 0 Å². The third kappa shape index (κ3) is 3.81. The minimum absolute atomic E-state index is 0.513. The van der Waals surface area contributed by atoms with E-state index in [4.69, 9.17) is 20.9 Å². The average molecular weight is 444 g/mol. The monoisotopic (exact) mass is 443 g/mol. The van der Waals surface area contributed by atoms with Gasteiger partial charge in [-0.1, -0.05) is 41.0 Å². The first-order chi connectivity index (χ1) is 15.7. The molecule has 0 unspecified atom stereocenters. The Morgan fingerprint density at radius 1 is 0.906 bits per heavy atom. The van der Waals surface area contributed by atoms with Crippen LogP contribution in [0.5, 0.6) is 5.75 Å². The third-order valence-electron chi connectivity index (χ3n) is 4.91. The van der Waals surface area contributed by atoms with Crippen LogP contribution >= 0.6 is 11.6 Å². The maximum atomic E-state index is 6.51. The number of methoxy groups -OCH3 is 1. The summed E-state index contributed by atoms with van der Waals surface area (Å²) in [7, 11) is 1.62. The molecule has 0 saturated heterocycles. The highest BCUT2D eigenvalue weighted by Crippen LogP contribution is 2.38. The van der Waals surface area contributed by atoms with Crippen molar-refractivity contribution in [3.8, 4) is 17.1 Å². The number of hydrogen-bond donors (Lipinski definition) is 2. The molecule has 0 spiro atoms. The Bertz CT molecular complexity index is 1390. The molecular formula is C24H18ClN5O2. The Labute approximate surface area is 189 Å². The molecule has 0 radical (unpaired) electrons. The van der Waals surface area contributed by atoms with Gasteiger partial charge in [0.25, 0.3) is 0 Å². The lowest BCUT2D eigenvalue weighted by Gasteiger charge is -2.10. The number of anilines is 4. The van der Waals surface area contributed by atoms with Crippen LogP contribution in [0.1, 0.15) is 0 Å². The van der Waals surface area contributed by atoms with Gasteiger partial charge in [0.1, 0.15) is 11.4 Å². The first-order valence-corrected chi connectivity index (χ1v) is 10.2. The molecule has 158 valence electrons. The first kappa shape index (κ1) is 19.8. The van der Waals surface area contributed by atoms with Gasteiger partial charge in [-0.2, -0.15) is 0 Å². The zero-order valence-electron chi connectivity index (χ0n) is 17.0. The number of para-hydroxylation sites is 2. The van der Waals surface area contributed by atoms with Crippen molar-refractivity contribution < 1.29 is 9.26 Å². The lowest BCUT2D eigenvalue weighted by atomic mass is 10.1. The van der Waals surface area contributed by atoms with Gasteiger partial charge in [-0.05, 0) is 42.5 Å². The maximum absolute atomic E-state index is 6.51. The van der Waals surface area contributed by atoms with E-state index in [1.807, 2.05) is 54.6 Å². The van der Waals surface area contributed by atoms with Crippen LogP contribution in [0.3, 0.4) is 0 Å². The number of nitrogens with zero attached hydrogens (tertiary/aromatic N) is 3. The molecule has 5 rings (SSSR count). The van der Waals surface area contributed by atoms with E-state index in [0.717, 1.165) is 22.3 Å². The minimum Gasteiger partial charge on any atom is -0.495 e. The van der Waals surface area contributed by atoms with Crippen LogP contribution in [0.25, 0.3) is 22.4 Å². The first-order valence-electron chi connectivity index (χ1n) is 9.85. The fraction of sp³-hybridized carbons (Fsp3) is 0.0417. The second kappa shape index (κ2) is 8.56. The molecule has 3 aromatic carbocycles. The standard InChI is InChI=1S/C24H18ClN5O2/c1-31-20-9-3-2-8-19(20)29-24-17-10-11-18(25)21(22(17)32-30-24)28-16-7-4-6-15(14-16)23-26-12-5-13-27-23/h2-14,28H,1H3,(H,29,30). The van der Waals surface area contributed by atoms with Gasteiger partial charge in [0.05, 0.1) is 23.2 Å². The molecule has 5 aromatic rings. The number of benzene rings is 3. The molecule has 0 bridgehead atoms. The van der Waals surface area contributed by atoms with Gasteiger partial charge < -0.3 is 19.9 Å². The molecule has 0 aliphatic rings. The highest BCUT2D eigenvalue weighted by molar-refractivity contribution is 6.35. The van der Waals surface area contributed by atoms with Gasteiger partial charge in [0.2, 0.25) is 0 Å². The molecule has 0 amide bonds. The van der Waals surface area contributed by atoms with Gasteiger partial charge in [0, 0.05) is 23.6 Å². The molecule has 0 fully saturated rings. The fourth-order valence-corrected chi connectivity index (χ4v) is 3.59. The Morgan fingerprint density at radius 2 is 1.75 bits per heavy atom. The van der Waals surface area contributed by atoms with Gasteiger partial charge >= 0.3 is 0 Å². The van der Waals surface area contributed by atoms with Gasteiger partial charge in [-0.3, -0.25) is 0 Å². The van der Waals surface area contributed by atoms with E-state index in [2.05, 4.69) is 25.8 Å². The molecule has 8 heteroatoms. The topological polar surface area (TPSA) is 85.1 Å². The predicted octanol–water partition coefficient (Wildman–Crippen LogP) is 6.43. The lowest BCUT2D eigenvalue weighted by Crippen LogP contribution is -1.95. The Balaban J connectivity index is 1.50. The summed E-state index contributed by atoms with van der Waals surface area (Å²) in [5.74, 6) is 1.91. The summed E-state index contributed by atoms with van der Waals surface area (Å²) in [6, 6.07) is 20.8. The number of hydrogen-bond acceptors (Lipinski definition) is 7. The smallest absolute Gasteiger partial charge is 0.194 e. The molecule has 2 heterocycles. The van der Waals surface area contributed by atoms with Crippen molar-refractivity contribution in [1.29, 1.82) is 0 Å². The predicted molar refractivity (Wildman–Crippen MR) is 126 cm³/mol. The largest absolute Gasteiger partial charge is 0.495 e. The molecule has 32 heavy (non-hydrogen) atoms. The quantitative estimate of drug-likeness (QED) is 0.312. The van der Waals surface area contributed by atoms with Crippen LogP contribution < -0.4 is 15.4 Å². The maximum Gasteiger partial charge on any atom is 0.194 e. The summed E-state index contributed by atoms with van der Waals surface area (Å²) in [6.07, 6.45) is 3.43. The normalized spacial score (nSPS) is 10.8. The van der Waals surface area contributed by atoms with Crippen LogP contribution in [0.2, 0.25) is 5.02 Å². The summed E-state index contributed by atoms with van der Waals surface area (Å²) < 4.78 is 11.1. The average Bonchev–Trinajstić information content (AvgIpc) is 3.25. The molecule has 2 N–H and O–H groups in total. The van der Waals surface area contributed by atoms with Crippen molar-refractivity contribution in [2.24, 2.45) is 0 Å². The van der Waals surface area contributed by atoms with Gasteiger partial charge in [-0.15, -0.1) is 0 Å². The van der Waals surface area contributed by atoms with Crippen LogP contribution in [-0.4, -0.2) is 22.2 Å². The van der Waals surface area contributed by atoms with Crippen LogP contribution in [0.4, 0.5) is 22.9 Å². The van der Waals surface area contributed by atoms with Crippen LogP contribution in [0, 0.1) is 0 Å². The number of nitrogens with one attached hydrogen (secondary N) is 2. The molecule has 0 atom stereocenters. The van der Waals surface area contributed by atoms with Gasteiger partial charge in [-0.25, -0.2) is 9.97 Å². The zero-order valence-corrected chi connectivity index (χ0v) is 17.8. The number of fused-ring (bicyclic) bond motifs is 1. The molecule has 0 saturated carbocycles. The van der Waals surface area contributed by atoms with E-state index in [0.29, 0.717) is 33.7 Å². The molecule has 0 aliphatic carbocycles. The van der Waals surface area contributed by atoms with Crippen molar-refractivity contribution in [3.63, 3.8) is 0 Å². The molecule has 0 aliphatic heterocycles. The van der Waals surface area contributed by atoms with Gasteiger partial charge in [0.15, 0.2) is 17.2 Å². The molecule has 7 nitrogen and oxygen atoms in total. The lowest BCUT2D eigenvalue weighted by molar-refractivity contribution is 0.416. The number of halogens is 1. The summed E-state index contributed by atoms with van der Waals surface area (Å²) in [5.41, 5.74) is 3.65. The summed E-state index contributed by atoms with van der Waals surface area (Å²) in [6.45, 7) is 0. The number of aromatic nitrogens is 3. The highest BCUT2D eigenvalue weighted by atomic mass is 35.5. The number of ether oxygens (including phenoxy) is 1. The van der Waals surface area contributed by atoms with E-state index in [9.17, 15) is 0 Å².